The minimum absolute atomic E-state index is 0.458. The highest BCUT2D eigenvalue weighted by atomic mass is 19.4. The van der Waals surface area contributed by atoms with E-state index in [1.54, 1.807) is 0 Å². The Morgan fingerprint density at radius 2 is 2.06 bits per heavy atom. The predicted molar refractivity (Wildman–Crippen MR) is 60.5 cm³/mol. The van der Waals surface area contributed by atoms with E-state index in [2.05, 4.69) is 12.2 Å². The molecule has 2 unspecified atom stereocenters. The van der Waals surface area contributed by atoms with E-state index in [-0.39, 0.29) is 0 Å². The van der Waals surface area contributed by atoms with Crippen LogP contribution in [0.5, 0.6) is 0 Å². The third-order valence-corrected chi connectivity index (χ3v) is 3.61. The average molecular weight is 261 g/mol. The quantitative estimate of drug-likeness (QED) is 0.705. The lowest BCUT2D eigenvalue weighted by Crippen LogP contribution is -2.13. The number of benzene rings is 1. The molecule has 18 heavy (non-hydrogen) atoms. The van der Waals surface area contributed by atoms with Gasteiger partial charge in [-0.1, -0.05) is 13.0 Å². The van der Waals surface area contributed by atoms with Gasteiger partial charge in [-0.3, -0.25) is 0 Å². The number of hydrogen-bond donors (Lipinski definition) is 1. The van der Waals surface area contributed by atoms with Crippen molar-refractivity contribution in [1.82, 2.24) is 5.32 Å². The Labute approximate surface area is 103 Å². The Kier molecular flexibility index (Phi) is 3.36. The molecule has 5 heteroatoms. The summed E-state index contributed by atoms with van der Waals surface area (Å²) in [6.07, 6.45) is -2.97. The molecular formula is C13H15F4N. The Hall–Kier alpha value is -1.10. The molecule has 1 aromatic rings. The second kappa shape index (κ2) is 4.53. The summed E-state index contributed by atoms with van der Waals surface area (Å²) in [6.45, 7) is 4.94. The normalized spacial score (nSPS) is 29.3. The molecule has 0 spiro atoms. The van der Waals surface area contributed by atoms with E-state index in [4.69, 9.17) is 0 Å². The van der Waals surface area contributed by atoms with Crippen LogP contribution >= 0.6 is 0 Å². The van der Waals surface area contributed by atoms with Crippen LogP contribution in [-0.4, -0.2) is 13.1 Å². The molecule has 1 heterocycles. The van der Waals surface area contributed by atoms with Gasteiger partial charge in [0.1, 0.15) is 5.82 Å². The van der Waals surface area contributed by atoms with Gasteiger partial charge < -0.3 is 5.32 Å². The van der Waals surface area contributed by atoms with Crippen molar-refractivity contribution in [3.8, 4) is 0 Å². The molecular weight excluding hydrogens is 246 g/mol. The fraction of sp³-hybridized carbons (Fsp3) is 0.538. The topological polar surface area (TPSA) is 12.0 Å². The zero-order valence-corrected chi connectivity index (χ0v) is 10.0. The number of piperidine rings is 1. The monoisotopic (exact) mass is 261 g/mol. The molecule has 100 valence electrons. The van der Waals surface area contributed by atoms with Crippen LogP contribution in [0, 0.1) is 17.2 Å². The maximum Gasteiger partial charge on any atom is 0.416 e. The molecule has 0 amide bonds. The molecule has 2 fully saturated rings. The van der Waals surface area contributed by atoms with Gasteiger partial charge >= 0.3 is 6.18 Å². The lowest BCUT2D eigenvalue weighted by Gasteiger charge is -2.04. The van der Waals surface area contributed by atoms with Crippen LogP contribution < -0.4 is 5.32 Å². The van der Waals surface area contributed by atoms with Gasteiger partial charge in [0, 0.05) is 6.54 Å². The molecule has 1 saturated carbocycles. The fourth-order valence-corrected chi connectivity index (χ4v) is 2.24. The van der Waals surface area contributed by atoms with Crippen LogP contribution in [0.1, 0.15) is 18.9 Å². The number of fused-ring (bicyclic) bond motifs is 1. The highest BCUT2D eigenvalue weighted by molar-refractivity contribution is 5.18. The second-order valence-corrected chi connectivity index (χ2v) is 5.19. The van der Waals surface area contributed by atoms with Crippen LogP contribution in [-0.2, 0) is 6.18 Å². The minimum Gasteiger partial charge on any atom is -0.316 e. The van der Waals surface area contributed by atoms with Crippen LogP contribution in [0.2, 0.25) is 0 Å². The molecule has 1 aliphatic heterocycles. The zero-order valence-electron chi connectivity index (χ0n) is 10.0. The van der Waals surface area contributed by atoms with E-state index in [0.717, 1.165) is 29.5 Å². The summed E-state index contributed by atoms with van der Waals surface area (Å²) in [5, 5.41) is 3.36. The Morgan fingerprint density at radius 3 is 2.33 bits per heavy atom. The number of alkyl halides is 3. The summed E-state index contributed by atoms with van der Waals surface area (Å²) < 4.78 is 47.6. The van der Waals surface area contributed by atoms with Crippen molar-refractivity contribution < 1.29 is 17.6 Å². The average Bonchev–Trinajstić information content (AvgIpc) is 2.77. The second-order valence-electron chi connectivity index (χ2n) is 5.19. The summed E-state index contributed by atoms with van der Waals surface area (Å²) in [5.74, 6) is 0.173. The van der Waals surface area contributed by atoms with Crippen molar-refractivity contribution in [3.63, 3.8) is 0 Å². The fourth-order valence-electron chi connectivity index (χ4n) is 2.24. The van der Waals surface area contributed by atoms with Crippen LogP contribution in [0.4, 0.5) is 17.6 Å². The molecule has 2 aliphatic rings. The van der Waals surface area contributed by atoms with Gasteiger partial charge in [-0.15, -0.1) is 0 Å². The highest BCUT2D eigenvalue weighted by Crippen LogP contribution is 2.54. The molecule has 3 rings (SSSR count). The van der Waals surface area contributed by atoms with Crippen LogP contribution in [0.3, 0.4) is 0 Å². The predicted octanol–water partition coefficient (Wildman–Crippen LogP) is 3.46. The van der Waals surface area contributed by atoms with Gasteiger partial charge in [0.25, 0.3) is 0 Å². The zero-order chi connectivity index (χ0) is 13.4. The van der Waals surface area contributed by atoms with Crippen molar-refractivity contribution in [1.29, 1.82) is 0 Å². The molecule has 1 N–H and O–H groups in total. The van der Waals surface area contributed by atoms with Crippen molar-refractivity contribution in [3.05, 3.63) is 35.6 Å². The number of rotatable bonds is 0. The molecule has 2 atom stereocenters. The maximum absolute atomic E-state index is 12.2. The molecule has 0 aromatic heterocycles. The molecule has 1 nitrogen and oxygen atoms in total. The van der Waals surface area contributed by atoms with Gasteiger partial charge in [-0.25, -0.2) is 4.39 Å². The lowest BCUT2D eigenvalue weighted by atomic mass is 10.1. The van der Waals surface area contributed by atoms with Gasteiger partial charge in [0.15, 0.2) is 0 Å². The third-order valence-electron chi connectivity index (χ3n) is 3.61. The van der Waals surface area contributed by atoms with Crippen LogP contribution in [0.15, 0.2) is 24.3 Å². The Morgan fingerprint density at radius 1 is 1.33 bits per heavy atom. The molecule has 0 bridgehead atoms. The summed E-state index contributed by atoms with van der Waals surface area (Å²) in [4.78, 5) is 0. The first kappa shape index (κ1) is 13.3. The third kappa shape index (κ3) is 3.02. The smallest absolute Gasteiger partial charge is 0.316 e. The summed E-state index contributed by atoms with van der Waals surface area (Å²) in [5.41, 5.74) is -0.211. The number of nitrogens with one attached hydrogen (secondary N) is 1. The Bertz CT molecular complexity index is 427. The van der Waals surface area contributed by atoms with Gasteiger partial charge in [-0.05, 0) is 42.5 Å². The number of hydrogen-bond acceptors (Lipinski definition) is 1. The first-order valence-electron chi connectivity index (χ1n) is 5.85. The molecule has 1 aromatic carbocycles. The van der Waals surface area contributed by atoms with Crippen LogP contribution in [0.25, 0.3) is 0 Å². The number of halogens is 4. The highest BCUT2D eigenvalue weighted by Gasteiger charge is 2.52. The van der Waals surface area contributed by atoms with Gasteiger partial charge in [-0.2, -0.15) is 13.2 Å². The largest absolute Gasteiger partial charge is 0.416 e. The van der Waals surface area contributed by atoms with Crippen molar-refractivity contribution in [2.24, 2.45) is 11.3 Å². The van der Waals surface area contributed by atoms with E-state index in [9.17, 15) is 17.6 Å². The van der Waals surface area contributed by atoms with E-state index in [1.165, 1.54) is 19.5 Å². The first-order valence-corrected chi connectivity index (χ1v) is 5.85. The molecule has 1 aliphatic carbocycles. The lowest BCUT2D eigenvalue weighted by molar-refractivity contribution is -0.137. The Balaban J connectivity index is 0.000000146. The van der Waals surface area contributed by atoms with E-state index < -0.39 is 17.6 Å². The standard InChI is InChI=1S/C7H4F4.C6H11N/c8-6-3-1-2-5(4-6)7(9,10)11;1-6-2-5(6)3-7-4-6/h1-4H;5,7H,2-4H2,1H3. The summed E-state index contributed by atoms with van der Waals surface area (Å²) in [6, 6.07) is 3.27. The SMILES string of the molecule is CC12CNCC1C2.Fc1cccc(C(F)(F)F)c1. The molecule has 1 saturated heterocycles. The first-order chi connectivity index (χ1) is 8.31. The van der Waals surface area contributed by atoms with Gasteiger partial charge in [0.2, 0.25) is 0 Å². The molecule has 0 radical (unpaired) electrons. The van der Waals surface area contributed by atoms with Crippen molar-refractivity contribution in [2.75, 3.05) is 13.1 Å². The maximum atomic E-state index is 12.2. The summed E-state index contributed by atoms with van der Waals surface area (Å²) >= 11 is 0. The minimum atomic E-state index is -4.46. The van der Waals surface area contributed by atoms with Crippen molar-refractivity contribution >= 4 is 0 Å². The van der Waals surface area contributed by atoms with Gasteiger partial charge in [0.05, 0.1) is 5.56 Å². The van der Waals surface area contributed by atoms with E-state index in [1.807, 2.05) is 0 Å². The summed E-state index contributed by atoms with van der Waals surface area (Å²) in [7, 11) is 0. The van der Waals surface area contributed by atoms with E-state index >= 15 is 0 Å². The van der Waals surface area contributed by atoms with E-state index in [0.29, 0.717) is 6.07 Å². The van der Waals surface area contributed by atoms with Crippen molar-refractivity contribution in [2.45, 2.75) is 19.5 Å².